The lowest BCUT2D eigenvalue weighted by atomic mass is 9.82. The Morgan fingerprint density at radius 2 is 1.86 bits per heavy atom. The third-order valence-electron chi connectivity index (χ3n) is 3.05. The van der Waals surface area contributed by atoms with E-state index in [2.05, 4.69) is 45.3 Å². The highest BCUT2D eigenvalue weighted by atomic mass is 16.5. The number of anilines is 1. The first-order chi connectivity index (χ1) is 9.61. The van der Waals surface area contributed by atoms with E-state index in [9.17, 15) is 4.79 Å². The molecule has 0 unspecified atom stereocenters. The van der Waals surface area contributed by atoms with Gasteiger partial charge in [-0.2, -0.15) is 0 Å². The maximum absolute atomic E-state index is 12.0. The van der Waals surface area contributed by atoms with Crippen LogP contribution in [0.1, 0.15) is 41.0 Å². The first kappa shape index (κ1) is 17.5. The smallest absolute Gasteiger partial charge is 0.238 e. The Morgan fingerprint density at radius 1 is 1.19 bits per heavy atom. The lowest BCUT2D eigenvalue weighted by Crippen LogP contribution is -2.45. The van der Waals surface area contributed by atoms with Crippen LogP contribution in [0.15, 0.2) is 24.3 Å². The quantitative estimate of drug-likeness (QED) is 0.844. The van der Waals surface area contributed by atoms with Gasteiger partial charge in [0.15, 0.2) is 0 Å². The van der Waals surface area contributed by atoms with Crippen LogP contribution in [-0.4, -0.2) is 25.1 Å². The molecule has 1 aromatic carbocycles. The van der Waals surface area contributed by atoms with Gasteiger partial charge in [-0.05, 0) is 37.8 Å². The second-order valence-corrected chi connectivity index (χ2v) is 7.26. The molecule has 0 atom stereocenters. The lowest BCUT2D eigenvalue weighted by molar-refractivity contribution is -0.115. The molecule has 0 aromatic heterocycles. The zero-order valence-corrected chi connectivity index (χ0v) is 14.0. The molecule has 0 aliphatic heterocycles. The van der Waals surface area contributed by atoms with Crippen LogP contribution in [0.2, 0.25) is 0 Å². The summed E-state index contributed by atoms with van der Waals surface area (Å²) in [5.41, 5.74) is 0.888. The third-order valence-corrected chi connectivity index (χ3v) is 3.05. The van der Waals surface area contributed by atoms with Crippen molar-refractivity contribution in [3.05, 3.63) is 24.3 Å². The summed E-state index contributed by atoms with van der Waals surface area (Å²) in [5.74, 6) is 0.680. The summed E-state index contributed by atoms with van der Waals surface area (Å²) in [4.78, 5) is 12.0. The molecule has 4 nitrogen and oxygen atoms in total. The number of carbonyl (C=O) groups excluding carboxylic acids is 1. The summed E-state index contributed by atoms with van der Waals surface area (Å²) in [6, 6.07) is 7.35. The molecule has 0 aliphatic rings. The van der Waals surface area contributed by atoms with Crippen molar-refractivity contribution < 1.29 is 9.53 Å². The lowest BCUT2D eigenvalue weighted by Gasteiger charge is -2.33. The number of hydrogen-bond donors (Lipinski definition) is 2. The Morgan fingerprint density at radius 3 is 2.43 bits per heavy atom. The Balaban J connectivity index is 2.50. The number of benzene rings is 1. The molecule has 1 aromatic rings. The topological polar surface area (TPSA) is 50.4 Å². The summed E-state index contributed by atoms with van der Waals surface area (Å²) < 4.78 is 5.14. The van der Waals surface area contributed by atoms with Crippen molar-refractivity contribution in [1.82, 2.24) is 5.32 Å². The summed E-state index contributed by atoms with van der Waals surface area (Å²) in [7, 11) is 1.61. The van der Waals surface area contributed by atoms with Gasteiger partial charge >= 0.3 is 0 Å². The Bertz CT molecular complexity index is 476. The number of nitrogens with one attached hydrogen (secondary N) is 2. The van der Waals surface area contributed by atoms with Crippen LogP contribution >= 0.6 is 0 Å². The monoisotopic (exact) mass is 292 g/mol. The third kappa shape index (κ3) is 7.14. The molecule has 1 rings (SSSR count). The van der Waals surface area contributed by atoms with Crippen molar-refractivity contribution in [2.75, 3.05) is 19.0 Å². The largest absolute Gasteiger partial charge is 0.497 e. The van der Waals surface area contributed by atoms with Crippen molar-refractivity contribution in [2.24, 2.45) is 5.41 Å². The number of amides is 1. The summed E-state index contributed by atoms with van der Waals surface area (Å²) in [6.45, 7) is 11.1. The van der Waals surface area contributed by atoms with Gasteiger partial charge in [-0.3, -0.25) is 4.79 Å². The molecule has 0 fully saturated rings. The first-order valence-corrected chi connectivity index (χ1v) is 7.30. The molecule has 1 amide bonds. The number of rotatable bonds is 6. The summed E-state index contributed by atoms with van der Waals surface area (Å²) in [6.07, 6.45) is 0.992. The number of methoxy groups -OCH3 is 1. The van der Waals surface area contributed by atoms with Crippen LogP contribution < -0.4 is 15.4 Å². The highest BCUT2D eigenvalue weighted by molar-refractivity contribution is 5.92. The number of carbonyl (C=O) groups is 1. The van der Waals surface area contributed by atoms with Crippen molar-refractivity contribution in [1.29, 1.82) is 0 Å². The Labute approximate surface area is 128 Å². The van der Waals surface area contributed by atoms with Gasteiger partial charge in [-0.1, -0.05) is 26.8 Å². The molecule has 118 valence electrons. The van der Waals surface area contributed by atoms with Gasteiger partial charge in [0, 0.05) is 17.3 Å². The molecular formula is C17H28N2O2. The number of ether oxygens (including phenoxy) is 1. The molecule has 21 heavy (non-hydrogen) atoms. The van der Waals surface area contributed by atoms with Gasteiger partial charge in [0.05, 0.1) is 13.7 Å². The predicted octanol–water partition coefficient (Wildman–Crippen LogP) is 3.44. The molecule has 0 saturated carbocycles. The van der Waals surface area contributed by atoms with E-state index >= 15 is 0 Å². The van der Waals surface area contributed by atoms with Crippen molar-refractivity contribution in [3.8, 4) is 5.75 Å². The SMILES string of the molecule is COc1cccc(NC(=O)CNC(C)(C)CC(C)(C)C)c1. The standard InChI is InChI=1S/C17H28N2O2/c1-16(2,3)12-17(4,5)18-11-15(20)19-13-8-7-9-14(10-13)21-6/h7-10,18H,11-12H2,1-6H3,(H,19,20). The summed E-state index contributed by atoms with van der Waals surface area (Å²) >= 11 is 0. The average Bonchev–Trinajstić information content (AvgIpc) is 2.34. The molecule has 2 N–H and O–H groups in total. The van der Waals surface area contributed by atoms with Crippen LogP contribution in [0.3, 0.4) is 0 Å². The molecule has 4 heteroatoms. The first-order valence-electron chi connectivity index (χ1n) is 7.30. The van der Waals surface area contributed by atoms with E-state index in [1.165, 1.54) is 0 Å². The van der Waals surface area contributed by atoms with Gasteiger partial charge in [-0.15, -0.1) is 0 Å². The average molecular weight is 292 g/mol. The minimum atomic E-state index is -0.0794. The normalized spacial score (nSPS) is 12.1. The maximum atomic E-state index is 12.0. The highest BCUT2D eigenvalue weighted by Gasteiger charge is 2.25. The fourth-order valence-electron chi connectivity index (χ4n) is 2.61. The Kier molecular flexibility index (Phi) is 5.78. The predicted molar refractivity (Wildman–Crippen MR) is 87.8 cm³/mol. The van der Waals surface area contributed by atoms with Gasteiger partial charge in [-0.25, -0.2) is 0 Å². The molecule has 0 heterocycles. The van der Waals surface area contributed by atoms with Crippen molar-refractivity contribution >= 4 is 11.6 Å². The second-order valence-electron chi connectivity index (χ2n) is 7.26. The molecule has 0 aliphatic carbocycles. The zero-order chi connectivity index (χ0) is 16.1. The van der Waals surface area contributed by atoms with E-state index in [1.54, 1.807) is 13.2 Å². The Hall–Kier alpha value is -1.55. The fraction of sp³-hybridized carbons (Fsp3) is 0.588. The van der Waals surface area contributed by atoms with Gasteiger partial charge < -0.3 is 15.4 Å². The van der Waals surface area contributed by atoms with E-state index in [0.717, 1.165) is 17.9 Å². The minimum absolute atomic E-state index is 0.0507. The second kappa shape index (κ2) is 6.94. The van der Waals surface area contributed by atoms with E-state index in [0.29, 0.717) is 6.54 Å². The van der Waals surface area contributed by atoms with Gasteiger partial charge in [0.25, 0.3) is 0 Å². The van der Waals surface area contributed by atoms with Crippen LogP contribution in [0.25, 0.3) is 0 Å². The van der Waals surface area contributed by atoms with Gasteiger partial charge in [0.1, 0.15) is 5.75 Å². The van der Waals surface area contributed by atoms with Crippen LogP contribution in [-0.2, 0) is 4.79 Å². The van der Waals surface area contributed by atoms with Crippen molar-refractivity contribution in [3.63, 3.8) is 0 Å². The van der Waals surface area contributed by atoms with Crippen LogP contribution in [0.5, 0.6) is 5.75 Å². The molecule has 0 radical (unpaired) electrons. The fourth-order valence-corrected chi connectivity index (χ4v) is 2.61. The molecule has 0 bridgehead atoms. The molecule has 0 saturated heterocycles. The summed E-state index contributed by atoms with van der Waals surface area (Å²) in [5, 5.41) is 6.19. The molecular weight excluding hydrogens is 264 g/mol. The highest BCUT2D eigenvalue weighted by Crippen LogP contribution is 2.26. The minimum Gasteiger partial charge on any atom is -0.497 e. The zero-order valence-electron chi connectivity index (χ0n) is 14.0. The van der Waals surface area contributed by atoms with Crippen molar-refractivity contribution in [2.45, 2.75) is 46.6 Å². The maximum Gasteiger partial charge on any atom is 0.238 e. The van der Waals surface area contributed by atoms with E-state index in [1.807, 2.05) is 18.2 Å². The van der Waals surface area contributed by atoms with Crippen LogP contribution in [0, 0.1) is 5.41 Å². The van der Waals surface area contributed by atoms with E-state index in [4.69, 9.17) is 4.74 Å². The van der Waals surface area contributed by atoms with Gasteiger partial charge in [0.2, 0.25) is 5.91 Å². The number of hydrogen-bond acceptors (Lipinski definition) is 3. The van der Waals surface area contributed by atoms with E-state index < -0.39 is 0 Å². The van der Waals surface area contributed by atoms with E-state index in [-0.39, 0.29) is 16.9 Å². The molecule has 0 spiro atoms. The van der Waals surface area contributed by atoms with Crippen LogP contribution in [0.4, 0.5) is 5.69 Å².